The molecule has 14 nitrogen and oxygen atoms in total. The number of anilines is 4. The van der Waals surface area contributed by atoms with Crippen molar-refractivity contribution >= 4 is 52.3 Å². The minimum atomic E-state index is -1.00. The molecule has 0 saturated heterocycles. The second-order valence-electron chi connectivity index (χ2n) is 7.69. The summed E-state index contributed by atoms with van der Waals surface area (Å²) < 4.78 is 9.25. The fourth-order valence-electron chi connectivity index (χ4n) is 3.27. The van der Waals surface area contributed by atoms with Gasteiger partial charge in [0.1, 0.15) is 6.04 Å². The summed E-state index contributed by atoms with van der Waals surface area (Å²) in [6, 6.07) is 5.39. The zero-order valence-electron chi connectivity index (χ0n) is 20.0. The number of hydrogen-bond donors (Lipinski definition) is 4. The van der Waals surface area contributed by atoms with Crippen molar-refractivity contribution in [2.24, 2.45) is 0 Å². The Morgan fingerprint density at radius 2 is 1.78 bits per heavy atom. The number of nitrogens with zero attached hydrogens (tertiary/aromatic N) is 5. The summed E-state index contributed by atoms with van der Waals surface area (Å²) in [5.41, 5.74) is 14.1. The fraction of sp³-hybridized carbons (Fsp3) is 0.318. The number of methoxy groups -OCH3 is 2. The Balaban J connectivity index is 1.60. The van der Waals surface area contributed by atoms with Crippen molar-refractivity contribution in [3.05, 3.63) is 36.2 Å². The van der Waals surface area contributed by atoms with Crippen LogP contribution in [0.4, 0.5) is 27.9 Å². The van der Waals surface area contributed by atoms with Crippen LogP contribution in [0.25, 0.3) is 11.2 Å². The molecule has 1 atom stereocenters. The number of fused-ring (bicyclic) bond motifs is 1. The van der Waals surface area contributed by atoms with Crippen molar-refractivity contribution in [1.82, 2.24) is 25.3 Å². The number of ether oxygens (including phenoxy) is 2. The van der Waals surface area contributed by atoms with Gasteiger partial charge in [0, 0.05) is 24.8 Å². The summed E-state index contributed by atoms with van der Waals surface area (Å²) in [6.45, 7) is 0.418. The summed E-state index contributed by atoms with van der Waals surface area (Å²) in [7, 11) is 4.31. The van der Waals surface area contributed by atoms with Crippen molar-refractivity contribution in [2.75, 3.05) is 43.0 Å². The van der Waals surface area contributed by atoms with Gasteiger partial charge in [-0.25, -0.2) is 19.6 Å². The number of rotatable bonds is 9. The maximum atomic E-state index is 12.4. The molecule has 3 rings (SSSR count). The number of amides is 2. The molecule has 2 heterocycles. The lowest BCUT2D eigenvalue weighted by molar-refractivity contribution is -0.144. The van der Waals surface area contributed by atoms with E-state index in [4.69, 9.17) is 11.5 Å². The molecule has 2 amide bonds. The molecule has 3 aromatic rings. The third kappa shape index (κ3) is 6.65. The number of aromatic nitrogens is 4. The average molecular weight is 498 g/mol. The first-order valence-corrected chi connectivity index (χ1v) is 10.8. The molecule has 190 valence electrons. The van der Waals surface area contributed by atoms with Crippen LogP contribution < -0.4 is 27.0 Å². The van der Waals surface area contributed by atoms with Gasteiger partial charge in [-0.2, -0.15) is 9.97 Å². The van der Waals surface area contributed by atoms with Crippen molar-refractivity contribution in [3.63, 3.8) is 0 Å². The smallest absolute Gasteiger partial charge is 0.328 e. The molecule has 0 unspecified atom stereocenters. The predicted molar refractivity (Wildman–Crippen MR) is 132 cm³/mol. The van der Waals surface area contributed by atoms with Gasteiger partial charge in [0.15, 0.2) is 17.0 Å². The van der Waals surface area contributed by atoms with E-state index in [0.29, 0.717) is 29.1 Å². The number of nitrogens with two attached hydrogens (primary N) is 2. The lowest BCUT2D eigenvalue weighted by atomic mass is 10.1. The number of carbonyl (C=O) groups is 3. The molecule has 36 heavy (non-hydrogen) atoms. The van der Waals surface area contributed by atoms with Crippen molar-refractivity contribution < 1.29 is 23.9 Å². The Kier molecular flexibility index (Phi) is 8.33. The molecular formula is C22H27N9O5. The van der Waals surface area contributed by atoms with E-state index >= 15 is 0 Å². The second kappa shape index (κ2) is 11.6. The average Bonchev–Trinajstić information content (AvgIpc) is 2.86. The van der Waals surface area contributed by atoms with E-state index in [9.17, 15) is 14.4 Å². The first-order valence-electron chi connectivity index (χ1n) is 10.8. The van der Waals surface area contributed by atoms with E-state index in [1.165, 1.54) is 14.2 Å². The summed E-state index contributed by atoms with van der Waals surface area (Å²) in [5.74, 6) is -0.979. The summed E-state index contributed by atoms with van der Waals surface area (Å²) in [6.07, 6.45) is 1.58. The number of urea groups is 1. The molecule has 14 heteroatoms. The minimum Gasteiger partial charge on any atom is -0.469 e. The van der Waals surface area contributed by atoms with Crippen LogP contribution in [0.1, 0.15) is 18.5 Å². The van der Waals surface area contributed by atoms with Gasteiger partial charge in [0.25, 0.3) is 0 Å². The van der Waals surface area contributed by atoms with Gasteiger partial charge < -0.3 is 36.5 Å². The molecule has 1 aromatic carbocycles. The molecule has 0 aliphatic rings. The molecule has 0 spiro atoms. The van der Waals surface area contributed by atoms with Gasteiger partial charge in [-0.1, -0.05) is 0 Å². The molecule has 0 aliphatic heterocycles. The molecule has 0 aliphatic carbocycles. The van der Waals surface area contributed by atoms with Gasteiger partial charge >= 0.3 is 18.0 Å². The van der Waals surface area contributed by atoms with Crippen LogP contribution in [0.15, 0.2) is 30.5 Å². The Hall–Kier alpha value is -4.75. The van der Waals surface area contributed by atoms with E-state index in [2.05, 4.69) is 40.0 Å². The Morgan fingerprint density at radius 1 is 1.06 bits per heavy atom. The van der Waals surface area contributed by atoms with Crippen LogP contribution in [0.2, 0.25) is 0 Å². The SMILES string of the molecule is COC(=O)CC[C@H](NC(=O)Nc1ccc(N(C)Cc2cnc3nc(N)nc(N)c3n2)cc1)C(=O)OC. The highest BCUT2D eigenvalue weighted by Crippen LogP contribution is 2.20. The molecule has 6 N–H and O–H groups in total. The fourth-order valence-corrected chi connectivity index (χ4v) is 3.27. The molecule has 2 aromatic heterocycles. The van der Waals surface area contributed by atoms with E-state index in [1.807, 2.05) is 11.9 Å². The highest BCUT2D eigenvalue weighted by Gasteiger charge is 2.22. The quantitative estimate of drug-likeness (QED) is 0.304. The third-order valence-electron chi connectivity index (χ3n) is 5.12. The molecule has 0 fully saturated rings. The number of carbonyl (C=O) groups excluding carboxylic acids is 3. The van der Waals surface area contributed by atoms with E-state index in [-0.39, 0.29) is 24.6 Å². The maximum Gasteiger partial charge on any atom is 0.328 e. The molecule has 0 bridgehead atoms. The largest absolute Gasteiger partial charge is 0.469 e. The molecule has 0 radical (unpaired) electrons. The highest BCUT2D eigenvalue weighted by atomic mass is 16.5. The van der Waals surface area contributed by atoms with Crippen LogP contribution in [-0.4, -0.2) is 65.2 Å². The monoisotopic (exact) mass is 497 g/mol. The Bertz CT molecular complexity index is 1250. The minimum absolute atomic E-state index is 0.0311. The first-order chi connectivity index (χ1) is 17.2. The molecule has 0 saturated carbocycles. The predicted octanol–water partition coefficient (Wildman–Crippen LogP) is 0.837. The number of esters is 2. The maximum absolute atomic E-state index is 12.4. The van der Waals surface area contributed by atoms with Crippen LogP contribution in [0.3, 0.4) is 0 Å². The lowest BCUT2D eigenvalue weighted by Crippen LogP contribution is -2.43. The summed E-state index contributed by atoms with van der Waals surface area (Å²) in [4.78, 5) is 54.2. The zero-order chi connectivity index (χ0) is 26.2. The van der Waals surface area contributed by atoms with E-state index in [0.717, 1.165) is 5.69 Å². The van der Waals surface area contributed by atoms with E-state index in [1.54, 1.807) is 30.5 Å². The third-order valence-corrected chi connectivity index (χ3v) is 5.12. The number of hydrogen-bond acceptors (Lipinski definition) is 12. The van der Waals surface area contributed by atoms with Crippen LogP contribution in [0.5, 0.6) is 0 Å². The van der Waals surface area contributed by atoms with Crippen molar-refractivity contribution in [2.45, 2.75) is 25.4 Å². The Labute approximate surface area is 206 Å². The molecular weight excluding hydrogens is 470 g/mol. The van der Waals surface area contributed by atoms with Crippen molar-refractivity contribution in [1.29, 1.82) is 0 Å². The van der Waals surface area contributed by atoms with Gasteiger partial charge in [-0.05, 0) is 30.7 Å². The highest BCUT2D eigenvalue weighted by molar-refractivity contribution is 5.92. The van der Waals surface area contributed by atoms with Crippen LogP contribution in [-0.2, 0) is 25.6 Å². The second-order valence-corrected chi connectivity index (χ2v) is 7.69. The number of nitrogen functional groups attached to an aromatic ring is 2. The van der Waals surface area contributed by atoms with E-state index < -0.39 is 24.0 Å². The standard InChI is InChI=1S/C22H27N9O5/c1-31(11-13-10-25-19-17(26-13)18(23)29-21(24)30-19)14-6-4-12(5-7-14)27-22(34)28-15(20(33)36-3)8-9-16(32)35-2/h4-7,10,15H,8-9,11H2,1-3H3,(H2,27,28,34)(H4,23,24,25,29,30)/t15-/m0/s1. The summed E-state index contributed by atoms with van der Waals surface area (Å²) >= 11 is 0. The first kappa shape index (κ1) is 25.9. The number of nitrogens with one attached hydrogen (secondary N) is 2. The zero-order valence-corrected chi connectivity index (χ0v) is 20.0. The topological polar surface area (TPSA) is 201 Å². The normalized spacial score (nSPS) is 11.4. The van der Waals surface area contributed by atoms with Gasteiger partial charge in [-0.3, -0.25) is 4.79 Å². The van der Waals surface area contributed by atoms with Gasteiger partial charge in [-0.15, -0.1) is 0 Å². The Morgan fingerprint density at radius 3 is 2.44 bits per heavy atom. The number of benzene rings is 1. The van der Waals surface area contributed by atoms with Crippen LogP contribution >= 0.6 is 0 Å². The van der Waals surface area contributed by atoms with Gasteiger partial charge in [0.2, 0.25) is 5.95 Å². The van der Waals surface area contributed by atoms with Gasteiger partial charge in [0.05, 0.1) is 32.7 Å². The summed E-state index contributed by atoms with van der Waals surface area (Å²) in [5, 5.41) is 5.15. The van der Waals surface area contributed by atoms with Crippen LogP contribution in [0, 0.1) is 0 Å². The lowest BCUT2D eigenvalue weighted by Gasteiger charge is -2.20. The van der Waals surface area contributed by atoms with Crippen molar-refractivity contribution in [3.8, 4) is 0 Å².